The van der Waals surface area contributed by atoms with Gasteiger partial charge in [-0.15, -0.1) is 0 Å². The van der Waals surface area contributed by atoms with Gasteiger partial charge in [-0.1, -0.05) is 37.3 Å². The average Bonchev–Trinajstić information content (AvgIpc) is 2.67. The number of aryl methyl sites for hydroxylation is 2. The first-order chi connectivity index (χ1) is 13.6. The van der Waals surface area contributed by atoms with Crippen LogP contribution in [0.25, 0.3) is 0 Å². The number of carbonyl (C=O) groups is 1. The minimum atomic E-state index is -3.64. The minimum Gasteiger partial charge on any atom is -0.491 e. The number of benzene rings is 2. The highest BCUT2D eigenvalue weighted by Gasteiger charge is 2.29. The summed E-state index contributed by atoms with van der Waals surface area (Å²) in [5.41, 5.74) is 2.58. The molecule has 2 aromatic rings. The topological polar surface area (TPSA) is 75.7 Å². The van der Waals surface area contributed by atoms with Crippen molar-refractivity contribution in [2.24, 2.45) is 0 Å². The Morgan fingerprint density at radius 3 is 2.28 bits per heavy atom. The van der Waals surface area contributed by atoms with Crippen LogP contribution in [0.4, 0.5) is 5.69 Å². The number of carbonyl (C=O) groups excluding carboxylic acids is 1. The van der Waals surface area contributed by atoms with Crippen LogP contribution in [-0.2, 0) is 21.2 Å². The molecule has 158 valence electrons. The molecule has 0 aliphatic carbocycles. The lowest BCUT2D eigenvalue weighted by Gasteiger charge is -2.29. The van der Waals surface area contributed by atoms with E-state index in [1.165, 1.54) is 0 Å². The summed E-state index contributed by atoms with van der Waals surface area (Å²) < 4.78 is 31.7. The van der Waals surface area contributed by atoms with Crippen LogP contribution in [0, 0.1) is 6.92 Å². The number of hydrogen-bond acceptors (Lipinski definition) is 4. The van der Waals surface area contributed by atoms with E-state index in [1.54, 1.807) is 19.1 Å². The van der Waals surface area contributed by atoms with Gasteiger partial charge in [-0.25, -0.2) is 8.42 Å². The third kappa shape index (κ3) is 6.22. The summed E-state index contributed by atoms with van der Waals surface area (Å²) in [5.74, 6) is 0.381. The van der Waals surface area contributed by atoms with Crippen LogP contribution >= 0.6 is 0 Å². The van der Waals surface area contributed by atoms with Crippen molar-refractivity contribution in [1.29, 1.82) is 0 Å². The molecule has 0 aromatic heterocycles. The van der Waals surface area contributed by atoms with Crippen molar-refractivity contribution >= 4 is 21.6 Å². The van der Waals surface area contributed by atoms with Gasteiger partial charge in [0.25, 0.3) is 0 Å². The second kappa shape index (κ2) is 9.78. The fourth-order valence-electron chi connectivity index (χ4n) is 3.03. The third-order valence-corrected chi connectivity index (χ3v) is 5.90. The maximum Gasteiger partial charge on any atom is 0.243 e. The van der Waals surface area contributed by atoms with Gasteiger partial charge in [0.2, 0.25) is 15.9 Å². The van der Waals surface area contributed by atoms with Crippen molar-refractivity contribution in [2.75, 3.05) is 17.2 Å². The maximum absolute atomic E-state index is 12.7. The van der Waals surface area contributed by atoms with E-state index in [-0.39, 0.29) is 18.6 Å². The molecule has 0 radical (unpaired) electrons. The van der Waals surface area contributed by atoms with Gasteiger partial charge >= 0.3 is 0 Å². The summed E-state index contributed by atoms with van der Waals surface area (Å²) in [5, 5.41) is 2.84. The van der Waals surface area contributed by atoms with Crippen molar-refractivity contribution in [3.63, 3.8) is 0 Å². The Labute approximate surface area is 173 Å². The standard InChI is InChI=1S/C22H30N2O4S/c1-6-19-11-13-20(14-12-19)24(29(5,26)27)18(4)22(25)23-17(3)15-28-21-10-8-7-9-16(21)2/h7-14,17-18H,6,15H2,1-5H3,(H,23,25)/t17-,18+/m0/s1. The molecule has 0 saturated carbocycles. The summed E-state index contributed by atoms with van der Waals surface area (Å²) in [6.45, 7) is 7.67. The summed E-state index contributed by atoms with van der Waals surface area (Å²) in [4.78, 5) is 12.7. The van der Waals surface area contributed by atoms with Gasteiger partial charge in [0, 0.05) is 0 Å². The highest BCUT2D eigenvalue weighted by molar-refractivity contribution is 7.92. The molecule has 0 saturated heterocycles. The SMILES string of the molecule is CCc1ccc(N([C@H](C)C(=O)N[C@@H](C)COc2ccccc2C)S(C)(=O)=O)cc1. The normalized spacial score (nSPS) is 13.4. The molecule has 0 fully saturated rings. The fourth-order valence-corrected chi connectivity index (χ4v) is 4.20. The number of sulfonamides is 1. The van der Waals surface area contributed by atoms with E-state index >= 15 is 0 Å². The number of nitrogens with zero attached hydrogens (tertiary/aromatic N) is 1. The Kier molecular flexibility index (Phi) is 7.67. The summed E-state index contributed by atoms with van der Waals surface area (Å²) in [7, 11) is -3.64. The van der Waals surface area contributed by atoms with Crippen LogP contribution in [0.3, 0.4) is 0 Å². The lowest BCUT2D eigenvalue weighted by atomic mass is 10.1. The van der Waals surface area contributed by atoms with Crippen LogP contribution in [0.2, 0.25) is 0 Å². The molecule has 1 N–H and O–H groups in total. The van der Waals surface area contributed by atoms with Gasteiger partial charge in [0.15, 0.2) is 0 Å². The van der Waals surface area contributed by atoms with Gasteiger partial charge < -0.3 is 10.1 Å². The Morgan fingerprint density at radius 2 is 1.72 bits per heavy atom. The lowest BCUT2D eigenvalue weighted by molar-refractivity contribution is -0.122. The van der Waals surface area contributed by atoms with Crippen molar-refractivity contribution < 1.29 is 17.9 Å². The first-order valence-corrected chi connectivity index (χ1v) is 11.6. The minimum absolute atomic E-state index is 0.284. The number of ether oxygens (including phenoxy) is 1. The second-order valence-corrected chi connectivity index (χ2v) is 9.10. The van der Waals surface area contributed by atoms with Gasteiger partial charge in [0.1, 0.15) is 18.4 Å². The number of amides is 1. The van der Waals surface area contributed by atoms with E-state index in [1.807, 2.05) is 57.2 Å². The molecule has 1 amide bonds. The van der Waals surface area contributed by atoms with Crippen LogP contribution in [0.5, 0.6) is 5.75 Å². The Bertz CT molecular complexity index is 926. The van der Waals surface area contributed by atoms with E-state index in [4.69, 9.17) is 4.74 Å². The zero-order valence-electron chi connectivity index (χ0n) is 17.7. The van der Waals surface area contributed by atoms with E-state index in [2.05, 4.69) is 5.32 Å². The van der Waals surface area contributed by atoms with Crippen LogP contribution in [0.15, 0.2) is 48.5 Å². The molecule has 0 spiro atoms. The largest absolute Gasteiger partial charge is 0.491 e. The van der Waals surface area contributed by atoms with Crippen molar-refractivity contribution in [3.8, 4) is 5.75 Å². The predicted molar refractivity (Wildman–Crippen MR) is 117 cm³/mol. The molecule has 0 bridgehead atoms. The number of hydrogen-bond donors (Lipinski definition) is 1. The maximum atomic E-state index is 12.7. The number of para-hydroxylation sites is 1. The Morgan fingerprint density at radius 1 is 1.10 bits per heavy atom. The summed E-state index contributed by atoms with van der Waals surface area (Å²) in [6.07, 6.45) is 1.96. The van der Waals surface area contributed by atoms with Crippen LogP contribution < -0.4 is 14.4 Å². The molecule has 7 heteroatoms. The zero-order chi connectivity index (χ0) is 21.6. The van der Waals surface area contributed by atoms with Crippen molar-refractivity contribution in [3.05, 3.63) is 59.7 Å². The number of anilines is 1. The first kappa shape index (κ1) is 22.7. The molecule has 6 nitrogen and oxygen atoms in total. The molecule has 0 aliphatic rings. The highest BCUT2D eigenvalue weighted by atomic mass is 32.2. The second-order valence-electron chi connectivity index (χ2n) is 7.24. The van der Waals surface area contributed by atoms with E-state index < -0.39 is 16.1 Å². The van der Waals surface area contributed by atoms with E-state index in [9.17, 15) is 13.2 Å². The molecular weight excluding hydrogens is 388 g/mol. The molecule has 2 rings (SSSR count). The van der Waals surface area contributed by atoms with Crippen molar-refractivity contribution in [2.45, 2.75) is 46.2 Å². The summed E-state index contributed by atoms with van der Waals surface area (Å²) in [6, 6.07) is 13.7. The number of rotatable bonds is 9. The predicted octanol–water partition coefficient (Wildman–Crippen LogP) is 3.30. The fraction of sp³-hybridized carbons (Fsp3) is 0.409. The van der Waals surface area contributed by atoms with E-state index in [0.29, 0.717) is 5.69 Å². The van der Waals surface area contributed by atoms with Crippen molar-refractivity contribution in [1.82, 2.24) is 5.32 Å². The molecule has 0 unspecified atom stereocenters. The Balaban J connectivity index is 2.07. The van der Waals surface area contributed by atoms with Crippen LogP contribution in [0.1, 0.15) is 31.9 Å². The van der Waals surface area contributed by atoms with Gasteiger partial charge in [-0.05, 0) is 56.5 Å². The monoisotopic (exact) mass is 418 g/mol. The average molecular weight is 419 g/mol. The third-order valence-electron chi connectivity index (χ3n) is 4.66. The van der Waals surface area contributed by atoms with Crippen LogP contribution in [-0.4, -0.2) is 39.3 Å². The van der Waals surface area contributed by atoms with Gasteiger partial charge in [0.05, 0.1) is 18.0 Å². The first-order valence-electron chi connectivity index (χ1n) is 9.70. The lowest BCUT2D eigenvalue weighted by Crippen LogP contribution is -2.50. The van der Waals surface area contributed by atoms with Gasteiger partial charge in [-0.2, -0.15) is 0 Å². The van der Waals surface area contributed by atoms with Gasteiger partial charge in [-0.3, -0.25) is 9.10 Å². The zero-order valence-corrected chi connectivity index (χ0v) is 18.5. The molecule has 2 aromatic carbocycles. The quantitative estimate of drug-likeness (QED) is 0.678. The smallest absolute Gasteiger partial charge is 0.243 e. The Hall–Kier alpha value is -2.54. The summed E-state index contributed by atoms with van der Waals surface area (Å²) >= 11 is 0. The molecule has 0 heterocycles. The van der Waals surface area contributed by atoms with E-state index in [0.717, 1.165) is 33.9 Å². The molecule has 29 heavy (non-hydrogen) atoms. The highest BCUT2D eigenvalue weighted by Crippen LogP contribution is 2.22. The molecular formula is C22H30N2O4S. The molecule has 2 atom stereocenters. The number of nitrogens with one attached hydrogen (secondary N) is 1. The molecule has 0 aliphatic heterocycles.